The van der Waals surface area contributed by atoms with Crippen molar-refractivity contribution in [1.82, 2.24) is 18.7 Å². The second kappa shape index (κ2) is 9.84. The van der Waals surface area contributed by atoms with E-state index in [4.69, 9.17) is 16.3 Å². The number of nitrogens with zero attached hydrogens (tertiary/aromatic N) is 4. The number of aromatic nitrogens is 4. The van der Waals surface area contributed by atoms with Crippen LogP contribution in [0.1, 0.15) is 26.0 Å². The predicted octanol–water partition coefficient (Wildman–Crippen LogP) is 2.55. The Labute approximate surface area is 188 Å². The van der Waals surface area contributed by atoms with E-state index < -0.39 is 5.69 Å². The molecule has 10 heteroatoms. The maximum atomic E-state index is 13.1. The molecule has 0 radical (unpaired) electrons. The van der Waals surface area contributed by atoms with Gasteiger partial charge in [0.25, 0.3) is 11.1 Å². The minimum absolute atomic E-state index is 0.115. The van der Waals surface area contributed by atoms with E-state index in [0.29, 0.717) is 52.1 Å². The molecule has 0 amide bonds. The molecule has 2 heterocycles. The van der Waals surface area contributed by atoms with Gasteiger partial charge in [-0.3, -0.25) is 23.3 Å². The standard InChI is InChI=1S/C21H25ClN4O4S/c1-13(2)30-9-5-8-26-19(28)16-7-6-14(22)10-17(16)23-20(26)31-12-15-11-18(27)25(4)21(29)24(15)3/h6-7,10-11,13H,5,8-9,12H2,1-4H3. The van der Waals surface area contributed by atoms with E-state index in [1.54, 1.807) is 29.8 Å². The van der Waals surface area contributed by atoms with Crippen molar-refractivity contribution in [2.75, 3.05) is 6.61 Å². The maximum Gasteiger partial charge on any atom is 0.330 e. The highest BCUT2D eigenvalue weighted by molar-refractivity contribution is 7.98. The van der Waals surface area contributed by atoms with Crippen LogP contribution in [0, 0.1) is 0 Å². The summed E-state index contributed by atoms with van der Waals surface area (Å²) in [6, 6.07) is 6.42. The van der Waals surface area contributed by atoms with E-state index in [1.807, 2.05) is 13.8 Å². The summed E-state index contributed by atoms with van der Waals surface area (Å²) >= 11 is 7.39. The van der Waals surface area contributed by atoms with Crippen molar-refractivity contribution in [2.24, 2.45) is 14.1 Å². The van der Waals surface area contributed by atoms with Crippen LogP contribution in [-0.2, 0) is 31.1 Å². The van der Waals surface area contributed by atoms with Crippen molar-refractivity contribution in [1.29, 1.82) is 0 Å². The smallest absolute Gasteiger partial charge is 0.330 e. The summed E-state index contributed by atoms with van der Waals surface area (Å²) < 4.78 is 9.68. The second-order valence-electron chi connectivity index (χ2n) is 7.45. The van der Waals surface area contributed by atoms with Crippen LogP contribution in [0.2, 0.25) is 5.02 Å². The molecule has 0 aliphatic heterocycles. The zero-order valence-corrected chi connectivity index (χ0v) is 19.5. The molecule has 0 saturated heterocycles. The first-order chi connectivity index (χ1) is 14.7. The van der Waals surface area contributed by atoms with Crippen LogP contribution in [0.4, 0.5) is 0 Å². The molecular weight excluding hydrogens is 440 g/mol. The largest absolute Gasteiger partial charge is 0.379 e. The number of ether oxygens (including phenoxy) is 1. The Morgan fingerprint density at radius 1 is 1.13 bits per heavy atom. The highest BCUT2D eigenvalue weighted by Gasteiger charge is 2.14. The van der Waals surface area contributed by atoms with E-state index in [1.165, 1.54) is 29.4 Å². The van der Waals surface area contributed by atoms with E-state index in [9.17, 15) is 14.4 Å². The number of hydrogen-bond donors (Lipinski definition) is 0. The molecule has 0 spiro atoms. The Bertz CT molecular complexity index is 1280. The molecule has 0 unspecified atom stereocenters. The topological polar surface area (TPSA) is 88.1 Å². The summed E-state index contributed by atoms with van der Waals surface area (Å²) in [4.78, 5) is 42.0. The normalized spacial score (nSPS) is 11.5. The molecular formula is C21H25ClN4O4S. The summed E-state index contributed by atoms with van der Waals surface area (Å²) in [5.41, 5.74) is 0.122. The summed E-state index contributed by atoms with van der Waals surface area (Å²) in [6.07, 6.45) is 0.765. The highest BCUT2D eigenvalue weighted by atomic mass is 35.5. The number of rotatable bonds is 8. The summed E-state index contributed by atoms with van der Waals surface area (Å²) in [6.45, 7) is 4.89. The molecule has 0 atom stereocenters. The van der Waals surface area contributed by atoms with Crippen LogP contribution < -0.4 is 16.8 Å². The molecule has 3 aromatic rings. The van der Waals surface area contributed by atoms with Crippen molar-refractivity contribution in [3.8, 4) is 0 Å². The van der Waals surface area contributed by atoms with E-state index in [0.717, 1.165) is 4.57 Å². The third-order valence-corrected chi connectivity index (χ3v) is 6.08. The van der Waals surface area contributed by atoms with E-state index in [2.05, 4.69) is 4.98 Å². The van der Waals surface area contributed by atoms with Gasteiger partial charge in [-0.15, -0.1) is 0 Å². The van der Waals surface area contributed by atoms with Gasteiger partial charge in [0.05, 0.1) is 17.0 Å². The molecule has 0 aliphatic carbocycles. The molecule has 3 rings (SSSR count). The van der Waals surface area contributed by atoms with Gasteiger partial charge < -0.3 is 4.74 Å². The Morgan fingerprint density at radius 2 is 1.87 bits per heavy atom. The third kappa shape index (κ3) is 5.28. The zero-order valence-electron chi connectivity index (χ0n) is 17.9. The SMILES string of the molecule is CC(C)OCCCn1c(SCc2cc(=O)n(C)c(=O)n2C)nc2cc(Cl)ccc2c1=O. The van der Waals surface area contributed by atoms with Crippen LogP contribution >= 0.6 is 23.4 Å². The maximum absolute atomic E-state index is 13.1. The molecule has 0 N–H and O–H groups in total. The molecule has 0 saturated carbocycles. The van der Waals surface area contributed by atoms with Crippen LogP contribution in [0.25, 0.3) is 10.9 Å². The van der Waals surface area contributed by atoms with Crippen LogP contribution in [0.5, 0.6) is 0 Å². The zero-order chi connectivity index (χ0) is 22.7. The van der Waals surface area contributed by atoms with Crippen LogP contribution in [0.15, 0.2) is 43.8 Å². The Hall–Kier alpha value is -2.36. The van der Waals surface area contributed by atoms with Crippen LogP contribution in [-0.4, -0.2) is 31.4 Å². The van der Waals surface area contributed by atoms with Gasteiger partial charge in [0.1, 0.15) is 0 Å². The van der Waals surface area contributed by atoms with Gasteiger partial charge in [-0.2, -0.15) is 0 Å². The highest BCUT2D eigenvalue weighted by Crippen LogP contribution is 2.23. The molecule has 8 nitrogen and oxygen atoms in total. The average molecular weight is 465 g/mol. The first-order valence-corrected chi connectivity index (χ1v) is 11.3. The fourth-order valence-electron chi connectivity index (χ4n) is 3.08. The average Bonchev–Trinajstić information content (AvgIpc) is 2.72. The van der Waals surface area contributed by atoms with Gasteiger partial charge in [0.15, 0.2) is 5.16 Å². The minimum Gasteiger partial charge on any atom is -0.379 e. The van der Waals surface area contributed by atoms with Crippen molar-refractivity contribution in [3.63, 3.8) is 0 Å². The molecule has 166 valence electrons. The second-order valence-corrected chi connectivity index (χ2v) is 8.83. The summed E-state index contributed by atoms with van der Waals surface area (Å²) in [7, 11) is 3.05. The van der Waals surface area contributed by atoms with Crippen molar-refractivity contribution in [2.45, 2.75) is 43.8 Å². The number of halogens is 1. The first kappa shape index (κ1) is 23.3. The molecule has 1 aromatic carbocycles. The van der Waals surface area contributed by atoms with Gasteiger partial charge >= 0.3 is 5.69 Å². The molecule has 0 aliphatic rings. The molecule has 31 heavy (non-hydrogen) atoms. The van der Waals surface area contributed by atoms with Gasteiger partial charge in [-0.05, 0) is 38.5 Å². The number of benzene rings is 1. The quantitative estimate of drug-likeness (QED) is 0.289. The Balaban J connectivity index is 1.97. The van der Waals surface area contributed by atoms with Crippen molar-refractivity contribution >= 4 is 34.3 Å². The lowest BCUT2D eigenvalue weighted by molar-refractivity contribution is 0.0743. The first-order valence-electron chi connectivity index (χ1n) is 9.89. The van der Waals surface area contributed by atoms with Gasteiger partial charge in [-0.1, -0.05) is 23.4 Å². The Kier molecular flexibility index (Phi) is 7.40. The lowest BCUT2D eigenvalue weighted by atomic mass is 10.2. The van der Waals surface area contributed by atoms with Gasteiger partial charge in [0, 0.05) is 49.8 Å². The number of thioether (sulfide) groups is 1. The van der Waals surface area contributed by atoms with Crippen molar-refractivity contribution in [3.05, 3.63) is 66.2 Å². The predicted molar refractivity (Wildman–Crippen MR) is 123 cm³/mol. The third-order valence-electron chi connectivity index (χ3n) is 4.83. The fraction of sp³-hybridized carbons (Fsp3) is 0.429. The monoisotopic (exact) mass is 464 g/mol. The van der Waals surface area contributed by atoms with Gasteiger partial charge in [0.2, 0.25) is 0 Å². The lowest BCUT2D eigenvalue weighted by Gasteiger charge is -2.15. The molecule has 0 bridgehead atoms. The minimum atomic E-state index is -0.399. The summed E-state index contributed by atoms with van der Waals surface area (Å²) in [5, 5.41) is 1.48. The Morgan fingerprint density at radius 3 is 2.58 bits per heavy atom. The number of fused-ring (bicyclic) bond motifs is 1. The van der Waals surface area contributed by atoms with E-state index in [-0.39, 0.29) is 17.2 Å². The van der Waals surface area contributed by atoms with Crippen molar-refractivity contribution < 1.29 is 4.74 Å². The van der Waals surface area contributed by atoms with Gasteiger partial charge in [-0.25, -0.2) is 9.78 Å². The van der Waals surface area contributed by atoms with E-state index >= 15 is 0 Å². The number of hydrogen-bond acceptors (Lipinski definition) is 6. The fourth-order valence-corrected chi connectivity index (χ4v) is 4.29. The van der Waals surface area contributed by atoms with Crippen LogP contribution in [0.3, 0.4) is 0 Å². The summed E-state index contributed by atoms with van der Waals surface area (Å²) in [5.74, 6) is 0.308. The molecule has 2 aromatic heterocycles. The molecule has 0 fully saturated rings. The lowest BCUT2D eigenvalue weighted by Crippen LogP contribution is -2.37.